The third-order valence-corrected chi connectivity index (χ3v) is 7.65. The number of ether oxygens (including phenoxy) is 2. The summed E-state index contributed by atoms with van der Waals surface area (Å²) in [5, 5.41) is 13.2. The normalized spacial score (nSPS) is 13.3. The van der Waals surface area contributed by atoms with Gasteiger partial charge in [-0.2, -0.15) is 15.0 Å². The van der Waals surface area contributed by atoms with E-state index in [1.807, 2.05) is 42.5 Å². The molecule has 0 amide bonds. The Labute approximate surface area is 255 Å². The lowest BCUT2D eigenvalue weighted by atomic mass is 10.0. The Kier molecular flexibility index (Phi) is 8.85. The molecular formula is C32H35ClN8O2. The van der Waals surface area contributed by atoms with E-state index in [4.69, 9.17) is 36.0 Å². The molecule has 0 radical (unpaired) electrons. The van der Waals surface area contributed by atoms with Crippen molar-refractivity contribution >= 4 is 62.6 Å². The molecule has 6 rings (SSSR count). The van der Waals surface area contributed by atoms with Gasteiger partial charge < -0.3 is 30.3 Å². The van der Waals surface area contributed by atoms with Gasteiger partial charge in [0.15, 0.2) is 0 Å². The Balaban J connectivity index is 1.17. The highest BCUT2D eigenvalue weighted by Gasteiger charge is 2.17. The van der Waals surface area contributed by atoms with Crippen LogP contribution in [0.4, 0.5) is 29.2 Å². The quantitative estimate of drug-likeness (QED) is 0.118. The summed E-state index contributed by atoms with van der Waals surface area (Å²) in [5.74, 6) is 2.40. The number of rotatable bonds is 11. The van der Waals surface area contributed by atoms with Crippen LogP contribution in [0.15, 0.2) is 60.7 Å². The van der Waals surface area contributed by atoms with Crippen LogP contribution in [0.1, 0.15) is 18.9 Å². The molecule has 2 aromatic heterocycles. The highest BCUT2D eigenvalue weighted by Crippen LogP contribution is 2.33. The van der Waals surface area contributed by atoms with Crippen LogP contribution in [0, 0.1) is 0 Å². The molecule has 3 heterocycles. The number of nitrogens with one attached hydrogen (secondary N) is 3. The van der Waals surface area contributed by atoms with Gasteiger partial charge in [0.25, 0.3) is 0 Å². The lowest BCUT2D eigenvalue weighted by molar-refractivity contribution is 0.122. The monoisotopic (exact) mass is 598 g/mol. The van der Waals surface area contributed by atoms with E-state index < -0.39 is 0 Å². The van der Waals surface area contributed by atoms with Gasteiger partial charge in [0, 0.05) is 47.7 Å². The number of halogens is 1. The number of benzene rings is 3. The SMILES string of the molecule is CCc1ccc2nc3cc(Cl)ccc3c(NCCCNc3nc(Nc4ccc(OC)cc4)nc(N4CCOCC4)n3)c2c1. The Bertz CT molecular complexity index is 1710. The van der Waals surface area contributed by atoms with Crippen LogP contribution in [0.3, 0.4) is 0 Å². The van der Waals surface area contributed by atoms with Crippen LogP contribution in [-0.2, 0) is 11.2 Å². The summed E-state index contributed by atoms with van der Waals surface area (Å²) >= 11 is 6.30. The summed E-state index contributed by atoms with van der Waals surface area (Å²) in [5.41, 5.74) is 5.04. The molecule has 3 N–H and O–H groups in total. The van der Waals surface area contributed by atoms with Gasteiger partial charge in [0.05, 0.1) is 37.0 Å². The highest BCUT2D eigenvalue weighted by atomic mass is 35.5. The molecule has 5 aromatic rings. The average molecular weight is 599 g/mol. The second kappa shape index (κ2) is 13.3. The minimum Gasteiger partial charge on any atom is -0.497 e. The van der Waals surface area contributed by atoms with Gasteiger partial charge in [-0.25, -0.2) is 4.98 Å². The molecule has 0 spiro atoms. The van der Waals surface area contributed by atoms with Crippen molar-refractivity contribution in [3.05, 3.63) is 71.2 Å². The van der Waals surface area contributed by atoms with Crippen LogP contribution >= 0.6 is 11.6 Å². The van der Waals surface area contributed by atoms with E-state index in [-0.39, 0.29) is 0 Å². The van der Waals surface area contributed by atoms with E-state index in [9.17, 15) is 0 Å². The molecule has 1 aliphatic rings. The number of hydrogen-bond donors (Lipinski definition) is 3. The maximum absolute atomic E-state index is 6.30. The third kappa shape index (κ3) is 6.81. The zero-order chi connectivity index (χ0) is 29.6. The molecule has 0 aliphatic carbocycles. The van der Waals surface area contributed by atoms with Crippen molar-refractivity contribution in [2.75, 3.05) is 67.4 Å². The molecule has 1 saturated heterocycles. The van der Waals surface area contributed by atoms with Crippen molar-refractivity contribution in [3.63, 3.8) is 0 Å². The molecule has 10 nitrogen and oxygen atoms in total. The summed E-state index contributed by atoms with van der Waals surface area (Å²) in [6.07, 6.45) is 1.80. The lowest BCUT2D eigenvalue weighted by Crippen LogP contribution is -2.37. The van der Waals surface area contributed by atoms with Gasteiger partial charge in [-0.1, -0.05) is 24.6 Å². The van der Waals surface area contributed by atoms with Gasteiger partial charge in [0.1, 0.15) is 5.75 Å². The number of nitrogens with zero attached hydrogens (tertiary/aromatic N) is 5. The Morgan fingerprint density at radius 2 is 1.63 bits per heavy atom. The summed E-state index contributed by atoms with van der Waals surface area (Å²) in [4.78, 5) is 21.1. The molecule has 0 saturated carbocycles. The zero-order valence-electron chi connectivity index (χ0n) is 24.4. The van der Waals surface area contributed by atoms with Crippen LogP contribution in [0.5, 0.6) is 5.75 Å². The minimum absolute atomic E-state index is 0.474. The van der Waals surface area contributed by atoms with Crippen LogP contribution < -0.4 is 25.6 Å². The van der Waals surface area contributed by atoms with Gasteiger partial charge in [-0.05, 0) is 73.0 Å². The third-order valence-electron chi connectivity index (χ3n) is 7.41. The van der Waals surface area contributed by atoms with Crippen LogP contribution in [-0.4, -0.2) is 66.4 Å². The number of anilines is 5. The van der Waals surface area contributed by atoms with Crippen molar-refractivity contribution in [3.8, 4) is 5.75 Å². The standard InChI is InChI=1S/C32H35ClN8O2/c1-3-21-5-12-27-26(19-21)29(25-11-6-22(33)20-28(25)37-27)34-13-4-14-35-30-38-31(36-23-7-9-24(42-2)10-8-23)40-32(39-30)41-15-17-43-18-16-41/h5-12,19-20H,3-4,13-18H2,1-2H3,(H,34,37)(H2,35,36,38,39,40). The van der Waals surface area contributed by atoms with Crippen LogP contribution in [0.25, 0.3) is 21.8 Å². The highest BCUT2D eigenvalue weighted by molar-refractivity contribution is 6.31. The summed E-state index contributed by atoms with van der Waals surface area (Å²) in [6.45, 7) is 6.34. The van der Waals surface area contributed by atoms with Gasteiger partial charge >= 0.3 is 0 Å². The molecule has 43 heavy (non-hydrogen) atoms. The fraction of sp³-hybridized carbons (Fsp3) is 0.312. The Morgan fingerprint density at radius 1 is 0.837 bits per heavy atom. The van der Waals surface area contributed by atoms with Crippen LogP contribution in [0.2, 0.25) is 5.02 Å². The number of methoxy groups -OCH3 is 1. The molecule has 222 valence electrons. The van der Waals surface area contributed by atoms with E-state index in [0.29, 0.717) is 42.6 Å². The summed E-state index contributed by atoms with van der Waals surface area (Å²) in [6, 6.07) is 20.0. The number of aromatic nitrogens is 4. The first-order valence-electron chi connectivity index (χ1n) is 14.6. The van der Waals surface area contributed by atoms with E-state index in [1.165, 1.54) is 5.56 Å². The second-order valence-electron chi connectivity index (χ2n) is 10.3. The van der Waals surface area contributed by atoms with Crippen molar-refractivity contribution in [1.29, 1.82) is 0 Å². The van der Waals surface area contributed by atoms with E-state index in [0.717, 1.165) is 71.4 Å². The predicted molar refractivity (Wildman–Crippen MR) is 174 cm³/mol. The minimum atomic E-state index is 0.474. The topological polar surface area (TPSA) is 109 Å². The number of hydrogen-bond acceptors (Lipinski definition) is 10. The molecule has 11 heteroatoms. The molecule has 0 bridgehead atoms. The molecule has 0 atom stereocenters. The first kappa shape index (κ1) is 28.7. The van der Waals surface area contributed by atoms with Crippen molar-refractivity contribution in [1.82, 2.24) is 19.9 Å². The summed E-state index contributed by atoms with van der Waals surface area (Å²) < 4.78 is 10.8. The van der Waals surface area contributed by atoms with Crippen molar-refractivity contribution in [2.45, 2.75) is 19.8 Å². The zero-order valence-corrected chi connectivity index (χ0v) is 25.1. The predicted octanol–water partition coefficient (Wildman–Crippen LogP) is 6.29. The largest absolute Gasteiger partial charge is 0.497 e. The fourth-order valence-electron chi connectivity index (χ4n) is 5.08. The van der Waals surface area contributed by atoms with E-state index in [1.54, 1.807) is 7.11 Å². The molecule has 3 aromatic carbocycles. The maximum atomic E-state index is 6.30. The number of aryl methyl sites for hydroxylation is 1. The first-order valence-corrected chi connectivity index (χ1v) is 15.0. The Hall–Kier alpha value is -4.41. The summed E-state index contributed by atoms with van der Waals surface area (Å²) in [7, 11) is 1.65. The lowest BCUT2D eigenvalue weighted by Gasteiger charge is -2.27. The van der Waals surface area contributed by atoms with E-state index in [2.05, 4.69) is 51.0 Å². The second-order valence-corrected chi connectivity index (χ2v) is 10.7. The number of pyridine rings is 1. The van der Waals surface area contributed by atoms with Crippen molar-refractivity contribution < 1.29 is 9.47 Å². The molecule has 1 aliphatic heterocycles. The Morgan fingerprint density at radius 3 is 2.42 bits per heavy atom. The van der Waals surface area contributed by atoms with Gasteiger partial charge in [0.2, 0.25) is 17.8 Å². The average Bonchev–Trinajstić information content (AvgIpc) is 3.04. The van der Waals surface area contributed by atoms with E-state index >= 15 is 0 Å². The van der Waals surface area contributed by atoms with Gasteiger partial charge in [-0.3, -0.25) is 0 Å². The maximum Gasteiger partial charge on any atom is 0.233 e. The first-order chi connectivity index (χ1) is 21.1. The molecule has 0 unspecified atom stereocenters. The molecular weight excluding hydrogens is 564 g/mol. The molecule has 1 fully saturated rings. The number of fused-ring (bicyclic) bond motifs is 2. The smallest absolute Gasteiger partial charge is 0.233 e. The number of morpholine rings is 1. The van der Waals surface area contributed by atoms with Crippen molar-refractivity contribution in [2.24, 2.45) is 0 Å². The fourth-order valence-corrected chi connectivity index (χ4v) is 5.25. The van der Waals surface area contributed by atoms with Gasteiger partial charge in [-0.15, -0.1) is 0 Å².